The highest BCUT2D eigenvalue weighted by atomic mass is 79.9. The predicted octanol–water partition coefficient (Wildman–Crippen LogP) is 5.10. The Labute approximate surface area is 128 Å². The van der Waals surface area contributed by atoms with E-state index in [4.69, 9.17) is 0 Å². The van der Waals surface area contributed by atoms with Gasteiger partial charge in [-0.25, -0.2) is 0 Å². The number of rotatable bonds is 6. The molecule has 1 N–H and O–H groups in total. The molecule has 0 radical (unpaired) electrons. The van der Waals surface area contributed by atoms with Gasteiger partial charge in [-0.1, -0.05) is 36.8 Å². The molecule has 0 fully saturated rings. The molecular formula is C16H20BrNS. The van der Waals surface area contributed by atoms with E-state index in [2.05, 4.69) is 70.8 Å². The van der Waals surface area contributed by atoms with E-state index in [1.54, 1.807) is 0 Å². The van der Waals surface area contributed by atoms with Gasteiger partial charge < -0.3 is 5.32 Å². The zero-order chi connectivity index (χ0) is 13.7. The van der Waals surface area contributed by atoms with Crippen LogP contribution in [0.2, 0.25) is 0 Å². The smallest absolute Gasteiger partial charge is 0.0368 e. The molecule has 102 valence electrons. The van der Waals surface area contributed by atoms with Crippen LogP contribution in [0.3, 0.4) is 0 Å². The van der Waals surface area contributed by atoms with Crippen LogP contribution in [0, 0.1) is 6.92 Å². The standard InChI is InChI=1S/C16H20BrNS/c1-3-7-18-16(10-15-9-14(17)11-19-15)13-6-4-5-12(2)8-13/h4-6,8-9,11,16,18H,3,7,10H2,1-2H3. The fourth-order valence-corrected chi connectivity index (χ4v) is 3.67. The molecule has 3 heteroatoms. The van der Waals surface area contributed by atoms with Crippen molar-refractivity contribution < 1.29 is 0 Å². The van der Waals surface area contributed by atoms with Crippen LogP contribution in [0.4, 0.5) is 0 Å². The summed E-state index contributed by atoms with van der Waals surface area (Å²) < 4.78 is 1.19. The third kappa shape index (κ3) is 4.44. The summed E-state index contributed by atoms with van der Waals surface area (Å²) in [4.78, 5) is 1.42. The molecule has 2 aromatic rings. The Bertz CT molecular complexity index is 521. The number of nitrogens with one attached hydrogen (secondary N) is 1. The Balaban J connectivity index is 2.15. The van der Waals surface area contributed by atoms with Gasteiger partial charge in [0.2, 0.25) is 0 Å². The molecule has 0 aliphatic heterocycles. The second-order valence-corrected chi connectivity index (χ2v) is 6.77. The van der Waals surface area contributed by atoms with Crippen LogP contribution in [0.15, 0.2) is 40.2 Å². The number of aryl methyl sites for hydroxylation is 1. The first kappa shape index (κ1) is 14.8. The molecule has 0 bridgehead atoms. The molecule has 0 spiro atoms. The van der Waals surface area contributed by atoms with Crippen molar-refractivity contribution in [2.24, 2.45) is 0 Å². The maximum Gasteiger partial charge on any atom is 0.0368 e. The molecule has 0 aliphatic rings. The Morgan fingerprint density at radius 1 is 1.32 bits per heavy atom. The summed E-state index contributed by atoms with van der Waals surface area (Å²) in [7, 11) is 0. The largest absolute Gasteiger partial charge is 0.310 e. The van der Waals surface area contributed by atoms with Crippen molar-refractivity contribution in [1.82, 2.24) is 5.32 Å². The summed E-state index contributed by atoms with van der Waals surface area (Å²) in [5.74, 6) is 0. The summed E-state index contributed by atoms with van der Waals surface area (Å²) in [6.45, 7) is 5.43. The predicted molar refractivity (Wildman–Crippen MR) is 87.9 cm³/mol. The molecule has 2 rings (SSSR count). The fourth-order valence-electron chi connectivity index (χ4n) is 2.18. The average molecular weight is 338 g/mol. The van der Waals surface area contributed by atoms with Gasteiger partial charge in [0.1, 0.15) is 0 Å². The summed E-state index contributed by atoms with van der Waals surface area (Å²) in [5, 5.41) is 5.82. The average Bonchev–Trinajstić information content (AvgIpc) is 2.80. The van der Waals surface area contributed by atoms with Gasteiger partial charge in [-0.2, -0.15) is 0 Å². The third-order valence-electron chi connectivity index (χ3n) is 3.11. The summed E-state index contributed by atoms with van der Waals surface area (Å²) >= 11 is 5.36. The number of thiophene rings is 1. The van der Waals surface area contributed by atoms with Crippen molar-refractivity contribution in [2.75, 3.05) is 6.54 Å². The van der Waals surface area contributed by atoms with Crippen LogP contribution < -0.4 is 5.32 Å². The molecule has 1 nitrogen and oxygen atoms in total. The minimum absolute atomic E-state index is 0.408. The fraction of sp³-hybridized carbons (Fsp3) is 0.375. The zero-order valence-corrected chi connectivity index (χ0v) is 13.9. The lowest BCUT2D eigenvalue weighted by molar-refractivity contribution is 0.532. The molecule has 0 aliphatic carbocycles. The van der Waals surface area contributed by atoms with E-state index in [9.17, 15) is 0 Å². The van der Waals surface area contributed by atoms with Gasteiger partial charge in [0.05, 0.1) is 0 Å². The van der Waals surface area contributed by atoms with Gasteiger partial charge in [-0.05, 0) is 47.4 Å². The number of halogens is 1. The molecule has 1 atom stereocenters. The van der Waals surface area contributed by atoms with Crippen LogP contribution >= 0.6 is 27.3 Å². The van der Waals surface area contributed by atoms with Crippen LogP contribution in [0.1, 0.15) is 35.4 Å². The van der Waals surface area contributed by atoms with Crippen LogP contribution in [0.5, 0.6) is 0 Å². The van der Waals surface area contributed by atoms with Gasteiger partial charge in [0.25, 0.3) is 0 Å². The minimum Gasteiger partial charge on any atom is -0.310 e. The van der Waals surface area contributed by atoms with Crippen LogP contribution in [0.25, 0.3) is 0 Å². The molecule has 1 aromatic heterocycles. The number of benzene rings is 1. The van der Waals surface area contributed by atoms with Gasteiger partial charge in [0, 0.05) is 27.2 Å². The first-order valence-corrected chi connectivity index (χ1v) is 8.39. The van der Waals surface area contributed by atoms with E-state index in [0.29, 0.717) is 6.04 Å². The van der Waals surface area contributed by atoms with E-state index < -0.39 is 0 Å². The maximum absolute atomic E-state index is 3.66. The van der Waals surface area contributed by atoms with Crippen LogP contribution in [-0.4, -0.2) is 6.54 Å². The highest BCUT2D eigenvalue weighted by Gasteiger charge is 2.12. The molecule has 1 heterocycles. The van der Waals surface area contributed by atoms with Crippen molar-refractivity contribution >= 4 is 27.3 Å². The highest BCUT2D eigenvalue weighted by molar-refractivity contribution is 9.10. The second-order valence-electron chi connectivity index (χ2n) is 4.86. The Morgan fingerprint density at radius 3 is 2.79 bits per heavy atom. The van der Waals surface area contributed by atoms with Gasteiger partial charge in [0.15, 0.2) is 0 Å². The lowest BCUT2D eigenvalue weighted by atomic mass is 10.0. The topological polar surface area (TPSA) is 12.0 Å². The first-order chi connectivity index (χ1) is 9.19. The number of hydrogen-bond acceptors (Lipinski definition) is 2. The first-order valence-electron chi connectivity index (χ1n) is 6.72. The Kier molecular flexibility index (Phi) is 5.61. The minimum atomic E-state index is 0.408. The lowest BCUT2D eigenvalue weighted by Gasteiger charge is -2.19. The Hall–Kier alpha value is -0.640. The van der Waals surface area contributed by atoms with Crippen molar-refractivity contribution in [3.63, 3.8) is 0 Å². The SMILES string of the molecule is CCCNC(Cc1cc(Br)cs1)c1cccc(C)c1. The van der Waals surface area contributed by atoms with E-state index in [-0.39, 0.29) is 0 Å². The van der Waals surface area contributed by atoms with Crippen molar-refractivity contribution in [3.8, 4) is 0 Å². The van der Waals surface area contributed by atoms with Crippen molar-refractivity contribution in [3.05, 3.63) is 56.2 Å². The van der Waals surface area contributed by atoms with E-state index in [0.717, 1.165) is 19.4 Å². The molecule has 0 amide bonds. The number of hydrogen-bond donors (Lipinski definition) is 1. The summed E-state index contributed by atoms with van der Waals surface area (Å²) in [6.07, 6.45) is 2.22. The zero-order valence-electron chi connectivity index (χ0n) is 11.4. The highest BCUT2D eigenvalue weighted by Crippen LogP contribution is 2.26. The van der Waals surface area contributed by atoms with Crippen LogP contribution in [-0.2, 0) is 6.42 Å². The molecule has 1 aromatic carbocycles. The normalized spacial score (nSPS) is 12.6. The quantitative estimate of drug-likeness (QED) is 0.772. The van der Waals surface area contributed by atoms with Gasteiger partial charge in [-0.15, -0.1) is 11.3 Å². The van der Waals surface area contributed by atoms with Gasteiger partial charge >= 0.3 is 0 Å². The Morgan fingerprint density at radius 2 is 2.16 bits per heavy atom. The van der Waals surface area contributed by atoms with E-state index in [1.807, 2.05) is 11.3 Å². The molecule has 19 heavy (non-hydrogen) atoms. The summed E-state index contributed by atoms with van der Waals surface area (Å²) in [6, 6.07) is 11.4. The monoisotopic (exact) mass is 337 g/mol. The lowest BCUT2D eigenvalue weighted by Crippen LogP contribution is -2.23. The third-order valence-corrected chi connectivity index (χ3v) is 4.83. The van der Waals surface area contributed by atoms with Gasteiger partial charge in [-0.3, -0.25) is 0 Å². The van der Waals surface area contributed by atoms with E-state index >= 15 is 0 Å². The van der Waals surface area contributed by atoms with E-state index in [1.165, 1.54) is 20.5 Å². The molecule has 1 unspecified atom stereocenters. The van der Waals surface area contributed by atoms with Crippen molar-refractivity contribution in [2.45, 2.75) is 32.7 Å². The molecule has 0 saturated heterocycles. The summed E-state index contributed by atoms with van der Waals surface area (Å²) in [5.41, 5.74) is 2.71. The second kappa shape index (κ2) is 7.22. The van der Waals surface area contributed by atoms with Crippen molar-refractivity contribution in [1.29, 1.82) is 0 Å². The molecular weight excluding hydrogens is 318 g/mol. The maximum atomic E-state index is 3.66. The molecule has 0 saturated carbocycles.